The molecule has 0 aliphatic carbocycles. The van der Waals surface area contributed by atoms with Gasteiger partial charge < -0.3 is 19.3 Å². The zero-order chi connectivity index (χ0) is 10.6. The summed E-state index contributed by atoms with van der Waals surface area (Å²) in [6, 6.07) is 0. The molecule has 1 N–H and O–H groups in total. The lowest BCUT2D eigenvalue weighted by Crippen LogP contribution is -2.26. The van der Waals surface area contributed by atoms with E-state index >= 15 is 0 Å². The van der Waals surface area contributed by atoms with E-state index < -0.39 is 0 Å². The number of epoxide rings is 1. The van der Waals surface area contributed by atoms with Crippen LogP contribution in [0.1, 0.15) is 27.2 Å². The third kappa shape index (κ3) is 2.92. The second-order valence-corrected chi connectivity index (χ2v) is 3.65. The van der Waals surface area contributed by atoms with Crippen molar-refractivity contribution in [1.82, 2.24) is 0 Å². The summed E-state index contributed by atoms with van der Waals surface area (Å²) in [5.41, 5.74) is -0.260. The molecule has 84 valence electrons. The molecule has 4 heteroatoms. The first kappa shape index (κ1) is 11.9. The van der Waals surface area contributed by atoms with Gasteiger partial charge in [0.25, 0.3) is 0 Å². The van der Waals surface area contributed by atoms with E-state index in [1.807, 2.05) is 20.8 Å². The number of rotatable bonds is 7. The molecule has 0 unspecified atom stereocenters. The highest BCUT2D eigenvalue weighted by atomic mass is 16.7. The Hall–Kier alpha value is -0.160. The van der Waals surface area contributed by atoms with Gasteiger partial charge in [-0.05, 0) is 20.8 Å². The van der Waals surface area contributed by atoms with Gasteiger partial charge in [0.05, 0.1) is 12.2 Å². The fourth-order valence-electron chi connectivity index (χ4n) is 1.57. The third-order valence-electron chi connectivity index (χ3n) is 2.48. The molecular formula is C10H20O4. The maximum atomic E-state index is 8.91. The first-order valence-electron chi connectivity index (χ1n) is 5.18. The molecule has 0 aromatic heterocycles. The van der Waals surface area contributed by atoms with Crippen molar-refractivity contribution in [2.75, 3.05) is 19.8 Å². The second kappa shape index (κ2) is 5.07. The minimum absolute atomic E-state index is 0.0501. The Morgan fingerprint density at radius 2 is 1.93 bits per heavy atom. The van der Waals surface area contributed by atoms with Gasteiger partial charge in [-0.2, -0.15) is 0 Å². The summed E-state index contributed by atoms with van der Waals surface area (Å²) in [4.78, 5) is 0. The summed E-state index contributed by atoms with van der Waals surface area (Å²) in [6.45, 7) is 7.17. The van der Waals surface area contributed by atoms with Gasteiger partial charge in [0.1, 0.15) is 6.10 Å². The van der Waals surface area contributed by atoms with Crippen molar-refractivity contribution in [3.63, 3.8) is 0 Å². The van der Waals surface area contributed by atoms with Crippen molar-refractivity contribution in [2.45, 2.75) is 45.2 Å². The van der Waals surface area contributed by atoms with Gasteiger partial charge in [-0.3, -0.25) is 0 Å². The van der Waals surface area contributed by atoms with Gasteiger partial charge in [0, 0.05) is 19.6 Å². The molecule has 4 nitrogen and oxygen atoms in total. The molecule has 1 fully saturated rings. The molecule has 0 amide bonds. The Kier molecular flexibility index (Phi) is 4.31. The van der Waals surface area contributed by atoms with Gasteiger partial charge in [-0.25, -0.2) is 0 Å². The maximum absolute atomic E-state index is 8.91. The van der Waals surface area contributed by atoms with Crippen molar-refractivity contribution in [3.8, 4) is 0 Å². The highest BCUT2D eigenvalue weighted by Gasteiger charge is 2.53. The SMILES string of the molecule is CCOC(C[C@@]1(C)O[C@@H]1CO)OCC. The Labute approximate surface area is 85.2 Å². The number of aliphatic hydroxyl groups excluding tert-OH is 1. The van der Waals surface area contributed by atoms with E-state index in [0.717, 1.165) is 0 Å². The monoisotopic (exact) mass is 204 g/mol. The van der Waals surface area contributed by atoms with Crippen LogP contribution in [-0.4, -0.2) is 42.9 Å². The number of hydrogen-bond acceptors (Lipinski definition) is 4. The van der Waals surface area contributed by atoms with Crippen LogP contribution < -0.4 is 0 Å². The lowest BCUT2D eigenvalue weighted by molar-refractivity contribution is -0.146. The summed E-state index contributed by atoms with van der Waals surface area (Å²) in [5, 5.41) is 8.91. The van der Waals surface area contributed by atoms with Crippen LogP contribution in [0.4, 0.5) is 0 Å². The molecule has 0 spiro atoms. The van der Waals surface area contributed by atoms with Gasteiger partial charge in [-0.15, -0.1) is 0 Å². The maximum Gasteiger partial charge on any atom is 0.160 e. The number of hydrogen-bond donors (Lipinski definition) is 1. The number of ether oxygens (including phenoxy) is 3. The Bertz CT molecular complexity index is 168. The molecule has 0 saturated carbocycles. The van der Waals surface area contributed by atoms with Crippen LogP contribution >= 0.6 is 0 Å². The van der Waals surface area contributed by atoms with Gasteiger partial charge in [0.2, 0.25) is 0 Å². The lowest BCUT2D eigenvalue weighted by Gasteiger charge is -2.18. The van der Waals surface area contributed by atoms with E-state index in [4.69, 9.17) is 19.3 Å². The van der Waals surface area contributed by atoms with E-state index in [9.17, 15) is 0 Å². The lowest BCUT2D eigenvalue weighted by atomic mass is 10.0. The molecule has 0 radical (unpaired) electrons. The Balaban J connectivity index is 2.32. The highest BCUT2D eigenvalue weighted by molar-refractivity contribution is 4.99. The van der Waals surface area contributed by atoms with Crippen LogP contribution in [-0.2, 0) is 14.2 Å². The van der Waals surface area contributed by atoms with Crippen molar-refractivity contribution in [2.24, 2.45) is 0 Å². The van der Waals surface area contributed by atoms with E-state index in [0.29, 0.717) is 19.6 Å². The van der Waals surface area contributed by atoms with Crippen LogP contribution in [0.3, 0.4) is 0 Å². The molecule has 0 aromatic carbocycles. The van der Waals surface area contributed by atoms with Gasteiger partial charge in [0.15, 0.2) is 6.29 Å². The standard InChI is InChI=1S/C10H20O4/c1-4-12-9(13-5-2)6-10(3)8(7-11)14-10/h8-9,11H,4-7H2,1-3H3/t8-,10-/m1/s1. The average molecular weight is 204 g/mol. The molecule has 14 heavy (non-hydrogen) atoms. The summed E-state index contributed by atoms with van der Waals surface area (Å²) in [7, 11) is 0. The summed E-state index contributed by atoms with van der Waals surface area (Å²) >= 11 is 0. The molecule has 1 heterocycles. The minimum atomic E-state index is -0.260. The minimum Gasteiger partial charge on any atom is -0.394 e. The molecule has 1 saturated heterocycles. The summed E-state index contributed by atoms with van der Waals surface area (Å²) < 4.78 is 16.2. The summed E-state index contributed by atoms with van der Waals surface area (Å²) in [5.74, 6) is 0. The van der Waals surface area contributed by atoms with E-state index in [-0.39, 0.29) is 24.6 Å². The first-order chi connectivity index (χ1) is 6.66. The van der Waals surface area contributed by atoms with Crippen LogP contribution in [0.5, 0.6) is 0 Å². The quantitative estimate of drug-likeness (QED) is 0.495. The van der Waals surface area contributed by atoms with Crippen LogP contribution in [0.15, 0.2) is 0 Å². The average Bonchev–Trinajstić information content (AvgIpc) is 2.77. The molecule has 0 aromatic rings. The predicted octanol–water partition coefficient (Wildman–Crippen LogP) is 0.925. The Morgan fingerprint density at radius 3 is 2.29 bits per heavy atom. The fraction of sp³-hybridized carbons (Fsp3) is 1.00. The van der Waals surface area contributed by atoms with Gasteiger partial charge in [-0.1, -0.05) is 0 Å². The van der Waals surface area contributed by atoms with Crippen LogP contribution in [0.2, 0.25) is 0 Å². The van der Waals surface area contributed by atoms with Gasteiger partial charge >= 0.3 is 0 Å². The topological polar surface area (TPSA) is 51.2 Å². The zero-order valence-corrected chi connectivity index (χ0v) is 9.16. The Morgan fingerprint density at radius 1 is 1.36 bits per heavy atom. The van der Waals surface area contributed by atoms with Crippen molar-refractivity contribution in [1.29, 1.82) is 0 Å². The van der Waals surface area contributed by atoms with Crippen LogP contribution in [0.25, 0.3) is 0 Å². The van der Waals surface area contributed by atoms with Crippen molar-refractivity contribution in [3.05, 3.63) is 0 Å². The van der Waals surface area contributed by atoms with Crippen molar-refractivity contribution < 1.29 is 19.3 Å². The van der Waals surface area contributed by atoms with Crippen molar-refractivity contribution >= 4 is 0 Å². The molecule has 1 rings (SSSR count). The van der Waals surface area contributed by atoms with Crippen LogP contribution in [0, 0.1) is 0 Å². The normalized spacial score (nSPS) is 31.1. The largest absolute Gasteiger partial charge is 0.394 e. The first-order valence-corrected chi connectivity index (χ1v) is 5.18. The van der Waals surface area contributed by atoms with E-state index in [1.165, 1.54) is 0 Å². The molecular weight excluding hydrogens is 184 g/mol. The molecule has 0 bridgehead atoms. The smallest absolute Gasteiger partial charge is 0.160 e. The van der Waals surface area contributed by atoms with E-state index in [1.54, 1.807) is 0 Å². The zero-order valence-electron chi connectivity index (χ0n) is 9.16. The third-order valence-corrected chi connectivity index (χ3v) is 2.48. The van der Waals surface area contributed by atoms with E-state index in [2.05, 4.69) is 0 Å². The predicted molar refractivity (Wildman–Crippen MR) is 52.0 cm³/mol. The molecule has 1 aliphatic heterocycles. The summed E-state index contributed by atoms with van der Waals surface area (Å²) in [6.07, 6.45) is 0.414. The highest BCUT2D eigenvalue weighted by Crippen LogP contribution is 2.40. The fourth-order valence-corrected chi connectivity index (χ4v) is 1.57. The number of aliphatic hydroxyl groups is 1. The molecule has 2 atom stereocenters. The molecule has 1 aliphatic rings. The second-order valence-electron chi connectivity index (χ2n) is 3.65.